The van der Waals surface area contributed by atoms with E-state index in [1.54, 1.807) is 0 Å². The molecule has 1 amide bonds. The SMILES string of the molecule is COc1cc(C(O)C(O)CNC(C)=O)ccc1OC(F)F. The third-order valence-corrected chi connectivity index (χ3v) is 2.67. The van der Waals surface area contributed by atoms with Gasteiger partial charge < -0.3 is 25.0 Å². The lowest BCUT2D eigenvalue weighted by atomic mass is 10.0. The molecule has 2 atom stereocenters. The number of carbonyl (C=O) groups excluding carboxylic acids is 1. The summed E-state index contributed by atoms with van der Waals surface area (Å²) in [5.41, 5.74) is 0.242. The largest absolute Gasteiger partial charge is 0.493 e. The number of ether oxygens (including phenoxy) is 2. The summed E-state index contributed by atoms with van der Waals surface area (Å²) in [5, 5.41) is 22.0. The molecule has 0 heterocycles. The predicted molar refractivity (Wildman–Crippen MR) is 69.3 cm³/mol. The lowest BCUT2D eigenvalue weighted by molar-refractivity contribution is -0.119. The summed E-state index contributed by atoms with van der Waals surface area (Å²) in [6, 6.07) is 3.80. The minimum absolute atomic E-state index is 0.00132. The second-order valence-corrected chi connectivity index (χ2v) is 4.24. The molecule has 8 heteroatoms. The van der Waals surface area contributed by atoms with E-state index in [2.05, 4.69) is 10.1 Å². The molecule has 6 nitrogen and oxygen atoms in total. The van der Waals surface area contributed by atoms with E-state index < -0.39 is 18.8 Å². The Morgan fingerprint density at radius 2 is 2.00 bits per heavy atom. The fourth-order valence-electron chi connectivity index (χ4n) is 1.64. The molecule has 0 bridgehead atoms. The van der Waals surface area contributed by atoms with Gasteiger partial charge in [-0.1, -0.05) is 6.07 Å². The Hall–Kier alpha value is -1.93. The second-order valence-electron chi connectivity index (χ2n) is 4.24. The Morgan fingerprint density at radius 1 is 1.33 bits per heavy atom. The first kappa shape index (κ1) is 17.1. The number of alkyl halides is 2. The standard InChI is InChI=1S/C13H17F2NO5/c1-7(17)16-6-9(18)12(19)8-3-4-10(21-13(14)15)11(5-8)20-2/h3-5,9,12-13,18-19H,6H2,1-2H3,(H,16,17). The highest BCUT2D eigenvalue weighted by molar-refractivity contribution is 5.72. The van der Waals surface area contributed by atoms with Gasteiger partial charge in [0, 0.05) is 13.5 Å². The number of hydrogen-bond acceptors (Lipinski definition) is 5. The lowest BCUT2D eigenvalue weighted by Gasteiger charge is -2.19. The van der Waals surface area contributed by atoms with Crippen LogP contribution in [0.15, 0.2) is 18.2 Å². The van der Waals surface area contributed by atoms with Crippen LogP contribution >= 0.6 is 0 Å². The molecule has 0 spiro atoms. The van der Waals surface area contributed by atoms with Gasteiger partial charge in [0.1, 0.15) is 12.2 Å². The van der Waals surface area contributed by atoms with Crippen LogP contribution in [0.4, 0.5) is 8.78 Å². The van der Waals surface area contributed by atoms with Gasteiger partial charge in [0.25, 0.3) is 0 Å². The fraction of sp³-hybridized carbons (Fsp3) is 0.462. The molecule has 0 aliphatic carbocycles. The van der Waals surface area contributed by atoms with E-state index in [4.69, 9.17) is 4.74 Å². The smallest absolute Gasteiger partial charge is 0.387 e. The molecule has 1 rings (SSSR count). The summed E-state index contributed by atoms with van der Waals surface area (Å²) in [5.74, 6) is -0.530. The number of aliphatic hydroxyl groups is 2. The topological polar surface area (TPSA) is 88.0 Å². The minimum atomic E-state index is -3.00. The number of hydrogen-bond donors (Lipinski definition) is 3. The summed E-state index contributed by atoms with van der Waals surface area (Å²) in [6.07, 6.45) is -2.56. The molecule has 0 aliphatic heterocycles. The first-order valence-electron chi connectivity index (χ1n) is 6.08. The summed E-state index contributed by atoms with van der Waals surface area (Å²) in [6.45, 7) is -1.87. The van der Waals surface area contributed by atoms with E-state index in [0.717, 1.165) is 0 Å². The molecule has 0 radical (unpaired) electrons. The minimum Gasteiger partial charge on any atom is -0.493 e. The average molecular weight is 305 g/mol. The Balaban J connectivity index is 2.85. The van der Waals surface area contributed by atoms with E-state index in [9.17, 15) is 23.8 Å². The number of methoxy groups -OCH3 is 1. The van der Waals surface area contributed by atoms with Crippen molar-refractivity contribution in [3.05, 3.63) is 23.8 Å². The van der Waals surface area contributed by atoms with Gasteiger partial charge in [0.05, 0.1) is 7.11 Å². The van der Waals surface area contributed by atoms with Crippen LogP contribution in [-0.4, -0.2) is 42.5 Å². The van der Waals surface area contributed by atoms with Gasteiger partial charge >= 0.3 is 6.61 Å². The van der Waals surface area contributed by atoms with Crippen LogP contribution in [0.5, 0.6) is 11.5 Å². The molecule has 21 heavy (non-hydrogen) atoms. The van der Waals surface area contributed by atoms with E-state index in [-0.39, 0.29) is 29.5 Å². The van der Waals surface area contributed by atoms with Gasteiger partial charge in [0.15, 0.2) is 11.5 Å². The number of halogens is 2. The van der Waals surface area contributed by atoms with E-state index in [1.165, 1.54) is 32.2 Å². The number of benzene rings is 1. The molecule has 0 aromatic heterocycles. The van der Waals surface area contributed by atoms with Crippen molar-refractivity contribution in [1.82, 2.24) is 5.32 Å². The molecule has 3 N–H and O–H groups in total. The maximum atomic E-state index is 12.2. The second kappa shape index (κ2) is 7.75. The zero-order valence-electron chi connectivity index (χ0n) is 11.5. The highest BCUT2D eigenvalue weighted by atomic mass is 19.3. The van der Waals surface area contributed by atoms with Crippen molar-refractivity contribution in [2.24, 2.45) is 0 Å². The molecule has 0 saturated heterocycles. The quantitative estimate of drug-likeness (QED) is 0.694. The molecule has 0 fully saturated rings. The lowest BCUT2D eigenvalue weighted by Crippen LogP contribution is -2.34. The van der Waals surface area contributed by atoms with Crippen molar-refractivity contribution in [2.75, 3.05) is 13.7 Å². The van der Waals surface area contributed by atoms with Crippen LogP contribution in [0, 0.1) is 0 Å². The fourth-order valence-corrected chi connectivity index (χ4v) is 1.64. The van der Waals surface area contributed by atoms with Gasteiger partial charge in [-0.3, -0.25) is 4.79 Å². The van der Waals surface area contributed by atoms with Crippen LogP contribution in [0.3, 0.4) is 0 Å². The number of rotatable bonds is 7. The monoisotopic (exact) mass is 305 g/mol. The van der Waals surface area contributed by atoms with Gasteiger partial charge in [-0.05, 0) is 17.7 Å². The summed E-state index contributed by atoms with van der Waals surface area (Å²) in [7, 11) is 1.26. The third kappa shape index (κ3) is 5.16. The van der Waals surface area contributed by atoms with Gasteiger partial charge in [-0.2, -0.15) is 8.78 Å². The van der Waals surface area contributed by atoms with Crippen molar-refractivity contribution in [3.63, 3.8) is 0 Å². The molecule has 2 unspecified atom stereocenters. The van der Waals surface area contributed by atoms with Crippen molar-refractivity contribution in [2.45, 2.75) is 25.7 Å². The van der Waals surface area contributed by atoms with Crippen LogP contribution in [-0.2, 0) is 4.79 Å². The zero-order chi connectivity index (χ0) is 16.0. The van der Waals surface area contributed by atoms with Crippen LogP contribution in [0.1, 0.15) is 18.6 Å². The van der Waals surface area contributed by atoms with Crippen LogP contribution < -0.4 is 14.8 Å². The number of nitrogens with one attached hydrogen (secondary N) is 1. The van der Waals surface area contributed by atoms with Crippen molar-refractivity contribution in [3.8, 4) is 11.5 Å². The molecule has 1 aromatic rings. The maximum Gasteiger partial charge on any atom is 0.387 e. The molecular formula is C13H17F2NO5. The highest BCUT2D eigenvalue weighted by Crippen LogP contribution is 2.32. The number of aliphatic hydroxyl groups excluding tert-OH is 2. The normalized spacial score (nSPS) is 13.7. The third-order valence-electron chi connectivity index (χ3n) is 2.67. The van der Waals surface area contributed by atoms with Crippen molar-refractivity contribution in [1.29, 1.82) is 0 Å². The number of carbonyl (C=O) groups is 1. The van der Waals surface area contributed by atoms with Gasteiger partial charge in [0.2, 0.25) is 5.91 Å². The summed E-state index contributed by atoms with van der Waals surface area (Å²) >= 11 is 0. The van der Waals surface area contributed by atoms with Crippen LogP contribution in [0.2, 0.25) is 0 Å². The van der Waals surface area contributed by atoms with E-state index in [1.807, 2.05) is 0 Å². The van der Waals surface area contributed by atoms with E-state index in [0.29, 0.717) is 0 Å². The van der Waals surface area contributed by atoms with E-state index >= 15 is 0 Å². The predicted octanol–water partition coefficient (Wildman–Crippen LogP) is 0.827. The Bertz CT molecular complexity index is 484. The Kier molecular flexibility index (Phi) is 6.32. The highest BCUT2D eigenvalue weighted by Gasteiger charge is 2.21. The summed E-state index contributed by atoms with van der Waals surface area (Å²) in [4.78, 5) is 10.7. The first-order chi connectivity index (χ1) is 9.85. The number of amides is 1. The van der Waals surface area contributed by atoms with Crippen molar-refractivity contribution >= 4 is 5.91 Å². The maximum absolute atomic E-state index is 12.2. The molecule has 0 saturated carbocycles. The zero-order valence-corrected chi connectivity index (χ0v) is 11.5. The van der Waals surface area contributed by atoms with Gasteiger partial charge in [-0.25, -0.2) is 0 Å². The molecule has 118 valence electrons. The Morgan fingerprint density at radius 3 is 2.52 bits per heavy atom. The first-order valence-corrected chi connectivity index (χ1v) is 6.08. The van der Waals surface area contributed by atoms with Crippen molar-refractivity contribution < 1.29 is 33.3 Å². The molecule has 0 aliphatic rings. The molecular weight excluding hydrogens is 288 g/mol. The van der Waals surface area contributed by atoms with Gasteiger partial charge in [-0.15, -0.1) is 0 Å². The summed E-state index contributed by atoms with van der Waals surface area (Å²) < 4.78 is 33.5. The van der Waals surface area contributed by atoms with Crippen LogP contribution in [0.25, 0.3) is 0 Å². The average Bonchev–Trinajstić information content (AvgIpc) is 2.43. The molecule has 1 aromatic carbocycles. The Labute approximate surface area is 120 Å².